The lowest BCUT2D eigenvalue weighted by atomic mass is 10.0. The van der Waals surface area contributed by atoms with Crippen molar-refractivity contribution in [3.8, 4) is 0 Å². The first kappa shape index (κ1) is 24.7. The van der Waals surface area contributed by atoms with Crippen LogP contribution in [0.5, 0.6) is 0 Å². The summed E-state index contributed by atoms with van der Waals surface area (Å²) in [6, 6.07) is 0. The van der Waals surface area contributed by atoms with E-state index < -0.39 is 7.82 Å². The summed E-state index contributed by atoms with van der Waals surface area (Å²) in [5, 5.41) is 0. The van der Waals surface area contributed by atoms with E-state index in [1.54, 1.807) is 6.08 Å². The highest BCUT2D eigenvalue weighted by Crippen LogP contribution is 2.44. The third-order valence-corrected chi connectivity index (χ3v) is 5.70. The molecular formula is C21H41O5P. The van der Waals surface area contributed by atoms with Crippen LogP contribution in [0.3, 0.4) is 0 Å². The average molecular weight is 405 g/mol. The molecule has 0 radical (unpaired) electrons. The van der Waals surface area contributed by atoms with Gasteiger partial charge in [-0.05, 0) is 18.9 Å². The number of phosphoric ester groups is 1. The maximum atomic E-state index is 11.5. The van der Waals surface area contributed by atoms with Gasteiger partial charge in [0.05, 0.1) is 19.5 Å². The fourth-order valence-corrected chi connectivity index (χ4v) is 3.67. The molecule has 1 heterocycles. The minimum Gasteiger partial charge on any atom is -0.412 e. The predicted molar refractivity (Wildman–Crippen MR) is 111 cm³/mol. The fourth-order valence-electron chi connectivity index (χ4n) is 3.02. The van der Waals surface area contributed by atoms with E-state index in [0.717, 1.165) is 12.8 Å². The summed E-state index contributed by atoms with van der Waals surface area (Å²) in [5.41, 5.74) is 0. The van der Waals surface area contributed by atoms with E-state index in [1.165, 1.54) is 89.7 Å². The summed E-state index contributed by atoms with van der Waals surface area (Å²) in [5.74, 6) is 0. The second-order valence-electron chi connectivity index (χ2n) is 7.58. The SMILES string of the molecule is CCCCCCCCCCCCCCCC/C=C/OP(=O)(O)OCC1CO1. The molecule has 0 bridgehead atoms. The Morgan fingerprint density at radius 1 is 0.926 bits per heavy atom. The largest absolute Gasteiger partial charge is 0.526 e. The average Bonchev–Trinajstić information content (AvgIpc) is 3.47. The number of unbranched alkanes of at least 4 members (excludes halogenated alkanes) is 14. The predicted octanol–water partition coefficient (Wildman–Crippen LogP) is 6.90. The van der Waals surface area contributed by atoms with Gasteiger partial charge in [-0.3, -0.25) is 9.42 Å². The van der Waals surface area contributed by atoms with Crippen molar-refractivity contribution >= 4 is 7.82 Å². The van der Waals surface area contributed by atoms with Gasteiger partial charge in [-0.1, -0.05) is 90.4 Å². The summed E-state index contributed by atoms with van der Waals surface area (Å²) >= 11 is 0. The van der Waals surface area contributed by atoms with Gasteiger partial charge in [-0.15, -0.1) is 0 Å². The highest BCUT2D eigenvalue weighted by Gasteiger charge is 2.29. The molecule has 2 unspecified atom stereocenters. The van der Waals surface area contributed by atoms with Crippen LogP contribution in [0.25, 0.3) is 0 Å². The molecule has 0 aromatic rings. The molecule has 2 atom stereocenters. The Hall–Kier alpha value is -0.350. The molecule has 0 aliphatic carbocycles. The minimum absolute atomic E-state index is 0.0476. The summed E-state index contributed by atoms with van der Waals surface area (Å²) in [6.07, 6.45) is 22.7. The number of hydrogen-bond acceptors (Lipinski definition) is 4. The zero-order chi connectivity index (χ0) is 19.6. The Balaban J connectivity index is 1.76. The fraction of sp³-hybridized carbons (Fsp3) is 0.905. The minimum atomic E-state index is -3.96. The number of epoxide rings is 1. The number of rotatable bonds is 20. The number of hydrogen-bond donors (Lipinski definition) is 1. The lowest BCUT2D eigenvalue weighted by Crippen LogP contribution is -1.99. The van der Waals surface area contributed by atoms with E-state index in [0.29, 0.717) is 6.61 Å². The smallest absolute Gasteiger partial charge is 0.412 e. The lowest BCUT2D eigenvalue weighted by molar-refractivity contribution is 0.172. The van der Waals surface area contributed by atoms with Crippen LogP contribution in [0.4, 0.5) is 0 Å². The molecule has 27 heavy (non-hydrogen) atoms. The Morgan fingerprint density at radius 2 is 1.41 bits per heavy atom. The third kappa shape index (κ3) is 17.5. The first-order valence-corrected chi connectivity index (χ1v) is 12.6. The maximum absolute atomic E-state index is 11.5. The summed E-state index contributed by atoms with van der Waals surface area (Å²) in [7, 11) is -3.96. The van der Waals surface area contributed by atoms with Gasteiger partial charge in [-0.2, -0.15) is 0 Å². The molecule has 1 N–H and O–H groups in total. The second-order valence-corrected chi connectivity index (χ2v) is 8.99. The molecule has 0 amide bonds. The van der Waals surface area contributed by atoms with Gasteiger partial charge in [0.2, 0.25) is 0 Å². The van der Waals surface area contributed by atoms with Gasteiger partial charge >= 0.3 is 7.82 Å². The second kappa shape index (κ2) is 16.6. The van der Waals surface area contributed by atoms with Gasteiger partial charge in [0, 0.05) is 0 Å². The van der Waals surface area contributed by atoms with Gasteiger partial charge in [0.15, 0.2) is 0 Å². The Morgan fingerprint density at radius 3 is 1.89 bits per heavy atom. The number of allylic oxidation sites excluding steroid dienone is 1. The van der Waals surface area contributed by atoms with E-state index in [9.17, 15) is 9.46 Å². The van der Waals surface area contributed by atoms with Crippen LogP contribution in [0.2, 0.25) is 0 Å². The molecule has 0 aromatic carbocycles. The van der Waals surface area contributed by atoms with Crippen molar-refractivity contribution in [1.82, 2.24) is 0 Å². The van der Waals surface area contributed by atoms with E-state index in [-0.39, 0.29) is 12.7 Å². The normalized spacial score (nSPS) is 18.7. The number of ether oxygens (including phenoxy) is 1. The van der Waals surface area contributed by atoms with Crippen molar-refractivity contribution in [3.05, 3.63) is 12.3 Å². The van der Waals surface area contributed by atoms with Crippen molar-refractivity contribution in [2.75, 3.05) is 13.2 Å². The van der Waals surface area contributed by atoms with E-state index in [4.69, 9.17) is 13.8 Å². The Labute approximate surface area is 166 Å². The van der Waals surface area contributed by atoms with E-state index in [2.05, 4.69) is 6.92 Å². The highest BCUT2D eigenvalue weighted by atomic mass is 31.2. The van der Waals surface area contributed by atoms with Gasteiger partial charge in [0.25, 0.3) is 0 Å². The van der Waals surface area contributed by atoms with Crippen LogP contribution in [0.1, 0.15) is 103 Å². The molecule has 5 nitrogen and oxygen atoms in total. The van der Waals surface area contributed by atoms with Gasteiger partial charge in [0.1, 0.15) is 6.10 Å². The zero-order valence-electron chi connectivity index (χ0n) is 17.3. The molecule has 1 aliphatic heterocycles. The van der Waals surface area contributed by atoms with Crippen molar-refractivity contribution in [2.45, 2.75) is 109 Å². The Kier molecular flexibility index (Phi) is 15.2. The van der Waals surface area contributed by atoms with Crippen LogP contribution >= 0.6 is 7.82 Å². The molecule has 0 saturated carbocycles. The summed E-state index contributed by atoms with van der Waals surface area (Å²) < 4.78 is 26.0. The lowest BCUT2D eigenvalue weighted by Gasteiger charge is -2.08. The molecule has 0 aromatic heterocycles. The first-order valence-electron chi connectivity index (χ1n) is 11.1. The first-order chi connectivity index (χ1) is 13.1. The van der Waals surface area contributed by atoms with Crippen LogP contribution in [-0.2, 0) is 18.3 Å². The topological polar surface area (TPSA) is 68.3 Å². The zero-order valence-corrected chi connectivity index (χ0v) is 18.2. The summed E-state index contributed by atoms with van der Waals surface area (Å²) in [4.78, 5) is 9.42. The molecule has 1 aliphatic rings. The standard InChI is InChI=1S/C21H41O5P/c1-2-3-4-5-6-7-8-9-10-11-12-13-14-15-16-17-18-25-27(22,23)26-20-21-19-24-21/h17-18,21H,2-16,19-20H2,1H3,(H,22,23)/b18-17+. The van der Waals surface area contributed by atoms with Crippen molar-refractivity contribution < 1.29 is 23.2 Å². The van der Waals surface area contributed by atoms with E-state index >= 15 is 0 Å². The monoisotopic (exact) mass is 404 g/mol. The third-order valence-electron chi connectivity index (χ3n) is 4.84. The van der Waals surface area contributed by atoms with Crippen molar-refractivity contribution in [3.63, 3.8) is 0 Å². The summed E-state index contributed by atoms with van der Waals surface area (Å²) in [6.45, 7) is 2.97. The maximum Gasteiger partial charge on any atom is 0.526 e. The Bertz CT molecular complexity index is 409. The highest BCUT2D eigenvalue weighted by molar-refractivity contribution is 7.47. The van der Waals surface area contributed by atoms with Crippen molar-refractivity contribution in [1.29, 1.82) is 0 Å². The van der Waals surface area contributed by atoms with Crippen molar-refractivity contribution in [2.24, 2.45) is 0 Å². The molecule has 1 fully saturated rings. The van der Waals surface area contributed by atoms with Crippen LogP contribution in [0.15, 0.2) is 12.3 Å². The molecule has 160 valence electrons. The van der Waals surface area contributed by atoms with Crippen LogP contribution in [-0.4, -0.2) is 24.2 Å². The van der Waals surface area contributed by atoms with Gasteiger partial charge < -0.3 is 9.26 Å². The van der Waals surface area contributed by atoms with Crippen LogP contribution in [0, 0.1) is 0 Å². The van der Waals surface area contributed by atoms with Crippen LogP contribution < -0.4 is 0 Å². The molecular weight excluding hydrogens is 363 g/mol. The molecule has 1 saturated heterocycles. The molecule has 1 rings (SSSR count). The molecule has 0 spiro atoms. The molecule has 6 heteroatoms. The number of phosphoric acid groups is 1. The van der Waals surface area contributed by atoms with Gasteiger partial charge in [-0.25, -0.2) is 4.57 Å². The van der Waals surface area contributed by atoms with E-state index in [1.807, 2.05) is 0 Å². The quantitative estimate of drug-likeness (QED) is 0.103.